The summed E-state index contributed by atoms with van der Waals surface area (Å²) < 4.78 is 13.3. The molecule has 9 heteroatoms. The number of rotatable bonds is 5. The number of amides is 1. The first-order valence-electron chi connectivity index (χ1n) is 9.98. The summed E-state index contributed by atoms with van der Waals surface area (Å²) in [5.74, 6) is 0.597. The molecule has 2 aliphatic rings. The first-order valence-corrected chi connectivity index (χ1v) is 9.98. The highest BCUT2D eigenvalue weighted by Gasteiger charge is 2.19. The number of hydrogen-bond acceptors (Lipinski definition) is 6. The van der Waals surface area contributed by atoms with Crippen molar-refractivity contribution >= 4 is 24.0 Å². The third kappa shape index (κ3) is 5.46. The number of carbonyl (C=O) groups excluding carboxylic acids is 1. The summed E-state index contributed by atoms with van der Waals surface area (Å²) in [6.07, 6.45) is 5.74. The molecule has 0 radical (unpaired) electrons. The molecule has 29 heavy (non-hydrogen) atoms. The molecule has 0 spiro atoms. The van der Waals surface area contributed by atoms with E-state index in [2.05, 4.69) is 20.9 Å². The second-order valence-corrected chi connectivity index (χ2v) is 7.43. The third-order valence-corrected chi connectivity index (χ3v) is 5.32. The van der Waals surface area contributed by atoms with Crippen molar-refractivity contribution in [3.05, 3.63) is 35.7 Å². The van der Waals surface area contributed by atoms with Gasteiger partial charge in [-0.2, -0.15) is 0 Å². The molecule has 2 saturated heterocycles. The average Bonchev–Trinajstić information content (AvgIpc) is 3.22. The second-order valence-electron chi connectivity index (χ2n) is 7.43. The Bertz CT molecular complexity index is 816. The molecule has 0 unspecified atom stereocenters. The van der Waals surface area contributed by atoms with Gasteiger partial charge in [-0.15, -0.1) is 17.5 Å². The lowest BCUT2D eigenvalue weighted by atomic mass is 10.1. The van der Waals surface area contributed by atoms with Crippen LogP contribution in [0, 0.1) is 6.92 Å². The van der Waals surface area contributed by atoms with Crippen molar-refractivity contribution in [2.45, 2.75) is 44.8 Å². The number of nitrogens with one attached hydrogen (secondary N) is 2. The lowest BCUT2D eigenvalue weighted by Gasteiger charge is -2.24. The van der Waals surface area contributed by atoms with Crippen LogP contribution in [-0.2, 0) is 4.74 Å². The SMILES string of the molecule is Cc1cc(NC(=O)c2cn(C3CCNCC3)nn2)ccc1OC1CCOCC1.Cl. The van der Waals surface area contributed by atoms with Crippen molar-refractivity contribution in [1.29, 1.82) is 0 Å². The number of aromatic nitrogens is 3. The molecule has 2 N–H and O–H groups in total. The molecule has 0 saturated carbocycles. The number of carbonyl (C=O) groups is 1. The van der Waals surface area contributed by atoms with Crippen LogP contribution in [0.25, 0.3) is 0 Å². The average molecular weight is 422 g/mol. The summed E-state index contributed by atoms with van der Waals surface area (Å²) >= 11 is 0. The third-order valence-electron chi connectivity index (χ3n) is 5.32. The van der Waals surface area contributed by atoms with Crippen LogP contribution in [-0.4, -0.2) is 53.3 Å². The van der Waals surface area contributed by atoms with Gasteiger partial charge in [-0.3, -0.25) is 4.79 Å². The fraction of sp³-hybridized carbons (Fsp3) is 0.550. The number of benzene rings is 1. The molecule has 1 aromatic carbocycles. The standard InChI is InChI=1S/C20H27N5O3.ClH/c1-14-12-15(2-3-19(14)28-17-6-10-27-11-7-17)22-20(26)18-13-25(24-23-18)16-4-8-21-9-5-16;/h2-3,12-13,16-17,21H,4-11H2,1H3,(H,22,26);1H. The molecule has 3 heterocycles. The zero-order chi connectivity index (χ0) is 19.3. The molecule has 1 amide bonds. The molecule has 0 bridgehead atoms. The summed E-state index contributed by atoms with van der Waals surface area (Å²) in [6, 6.07) is 5.99. The highest BCUT2D eigenvalue weighted by molar-refractivity contribution is 6.02. The molecular weight excluding hydrogens is 394 g/mol. The van der Waals surface area contributed by atoms with E-state index in [1.165, 1.54) is 0 Å². The Labute approximate surface area is 176 Å². The van der Waals surface area contributed by atoms with Gasteiger partial charge in [0, 0.05) is 18.5 Å². The van der Waals surface area contributed by atoms with Gasteiger partial charge in [0.2, 0.25) is 0 Å². The Hall–Kier alpha value is -2.16. The Morgan fingerprint density at radius 3 is 2.72 bits per heavy atom. The van der Waals surface area contributed by atoms with Crippen molar-refractivity contribution in [2.24, 2.45) is 0 Å². The van der Waals surface area contributed by atoms with Gasteiger partial charge in [0.15, 0.2) is 5.69 Å². The zero-order valence-electron chi connectivity index (χ0n) is 16.6. The van der Waals surface area contributed by atoms with E-state index in [1.807, 2.05) is 29.8 Å². The van der Waals surface area contributed by atoms with E-state index in [1.54, 1.807) is 6.20 Å². The van der Waals surface area contributed by atoms with Crippen LogP contribution in [0.4, 0.5) is 5.69 Å². The first-order chi connectivity index (χ1) is 13.7. The topological polar surface area (TPSA) is 90.3 Å². The van der Waals surface area contributed by atoms with Crippen LogP contribution in [0.1, 0.15) is 47.8 Å². The van der Waals surface area contributed by atoms with Gasteiger partial charge in [0.25, 0.3) is 5.91 Å². The molecule has 0 atom stereocenters. The monoisotopic (exact) mass is 421 g/mol. The van der Waals surface area contributed by atoms with Crippen molar-refractivity contribution < 1.29 is 14.3 Å². The normalized spacial score (nSPS) is 18.1. The number of anilines is 1. The Morgan fingerprint density at radius 2 is 2.00 bits per heavy atom. The Morgan fingerprint density at radius 1 is 1.24 bits per heavy atom. The largest absolute Gasteiger partial charge is 0.490 e. The van der Waals surface area contributed by atoms with Crippen LogP contribution in [0.2, 0.25) is 0 Å². The molecule has 0 aliphatic carbocycles. The minimum absolute atomic E-state index is 0. The highest BCUT2D eigenvalue weighted by atomic mass is 35.5. The summed E-state index contributed by atoms with van der Waals surface area (Å²) in [5.41, 5.74) is 2.04. The summed E-state index contributed by atoms with van der Waals surface area (Å²) in [7, 11) is 0. The number of hydrogen-bond donors (Lipinski definition) is 2. The minimum atomic E-state index is -0.252. The first kappa shape index (κ1) is 21.5. The van der Waals surface area contributed by atoms with Crippen molar-refractivity contribution in [2.75, 3.05) is 31.6 Å². The number of halogens is 1. The van der Waals surface area contributed by atoms with E-state index < -0.39 is 0 Å². The van der Waals surface area contributed by atoms with Crippen LogP contribution in [0.15, 0.2) is 24.4 Å². The molecule has 8 nitrogen and oxygen atoms in total. The number of aryl methyl sites for hydroxylation is 1. The molecule has 158 valence electrons. The lowest BCUT2D eigenvalue weighted by molar-refractivity contribution is 0.0253. The van der Waals surface area contributed by atoms with Crippen molar-refractivity contribution in [3.8, 4) is 5.75 Å². The minimum Gasteiger partial charge on any atom is -0.490 e. The smallest absolute Gasteiger partial charge is 0.277 e. The van der Waals surface area contributed by atoms with E-state index in [4.69, 9.17) is 9.47 Å². The predicted octanol–water partition coefficient (Wildman–Crippen LogP) is 2.74. The fourth-order valence-corrected chi connectivity index (χ4v) is 3.66. The molecule has 1 aromatic heterocycles. The van der Waals surface area contributed by atoms with Gasteiger partial charge in [-0.05, 0) is 56.6 Å². The number of piperidine rings is 1. The summed E-state index contributed by atoms with van der Waals surface area (Å²) in [4.78, 5) is 12.5. The second kappa shape index (κ2) is 10.0. The van der Waals surface area contributed by atoms with E-state index >= 15 is 0 Å². The fourth-order valence-electron chi connectivity index (χ4n) is 3.66. The number of nitrogens with zero attached hydrogens (tertiary/aromatic N) is 3. The van der Waals surface area contributed by atoms with Gasteiger partial charge in [-0.25, -0.2) is 4.68 Å². The quantitative estimate of drug-likeness (QED) is 0.771. The maximum atomic E-state index is 12.5. The highest BCUT2D eigenvalue weighted by Crippen LogP contribution is 2.25. The zero-order valence-corrected chi connectivity index (χ0v) is 17.4. The van der Waals surface area contributed by atoms with E-state index in [9.17, 15) is 4.79 Å². The van der Waals surface area contributed by atoms with Crippen molar-refractivity contribution in [1.82, 2.24) is 20.3 Å². The maximum absolute atomic E-state index is 12.5. The van der Waals surface area contributed by atoms with Crippen LogP contribution < -0.4 is 15.4 Å². The van der Waals surface area contributed by atoms with Gasteiger partial charge < -0.3 is 20.1 Å². The number of ether oxygens (including phenoxy) is 2. The molecular formula is C20H28ClN5O3. The molecule has 2 fully saturated rings. The Balaban J connectivity index is 0.00000240. The van der Waals surface area contributed by atoms with Crippen LogP contribution in [0.5, 0.6) is 5.75 Å². The molecule has 2 aromatic rings. The maximum Gasteiger partial charge on any atom is 0.277 e. The van der Waals surface area contributed by atoms with Gasteiger partial charge in [-0.1, -0.05) is 5.21 Å². The van der Waals surface area contributed by atoms with Gasteiger partial charge in [0.1, 0.15) is 11.9 Å². The van der Waals surface area contributed by atoms with Crippen molar-refractivity contribution in [3.63, 3.8) is 0 Å². The predicted molar refractivity (Wildman–Crippen MR) is 112 cm³/mol. The van der Waals surface area contributed by atoms with Gasteiger partial charge in [0.05, 0.1) is 25.5 Å². The van der Waals surface area contributed by atoms with E-state index in [0.29, 0.717) is 11.7 Å². The van der Waals surface area contributed by atoms with E-state index in [-0.39, 0.29) is 24.4 Å². The van der Waals surface area contributed by atoms with Gasteiger partial charge >= 0.3 is 0 Å². The Kier molecular flexibility index (Phi) is 7.46. The molecule has 2 aliphatic heterocycles. The molecule has 4 rings (SSSR count). The lowest BCUT2D eigenvalue weighted by Crippen LogP contribution is -2.29. The summed E-state index contributed by atoms with van der Waals surface area (Å²) in [6.45, 7) is 5.41. The summed E-state index contributed by atoms with van der Waals surface area (Å²) in [5, 5.41) is 14.4. The van der Waals surface area contributed by atoms with E-state index in [0.717, 1.165) is 69.0 Å². The van der Waals surface area contributed by atoms with Crippen LogP contribution in [0.3, 0.4) is 0 Å². The van der Waals surface area contributed by atoms with Crippen LogP contribution >= 0.6 is 12.4 Å².